The van der Waals surface area contributed by atoms with Crippen LogP contribution in [0.3, 0.4) is 0 Å². The summed E-state index contributed by atoms with van der Waals surface area (Å²) >= 11 is 0. The topological polar surface area (TPSA) is 68.5 Å². The molecule has 18 heavy (non-hydrogen) atoms. The zero-order valence-electron chi connectivity index (χ0n) is 11.5. The smallest absolute Gasteiger partial charge is 0.305 e. The van der Waals surface area contributed by atoms with Crippen LogP contribution >= 0.6 is 0 Å². The SMILES string of the molecule is COC(=O)CCCN(C)Cc1noc(C(C)C)n1. The molecule has 0 bridgehead atoms. The van der Waals surface area contributed by atoms with E-state index in [4.69, 9.17) is 4.52 Å². The number of nitrogens with zero attached hydrogens (tertiary/aromatic N) is 3. The van der Waals surface area contributed by atoms with Crippen LogP contribution < -0.4 is 0 Å². The number of carbonyl (C=O) groups is 1. The summed E-state index contributed by atoms with van der Waals surface area (Å²) in [6.45, 7) is 5.44. The molecule has 0 saturated heterocycles. The van der Waals surface area contributed by atoms with Gasteiger partial charge >= 0.3 is 5.97 Å². The van der Waals surface area contributed by atoms with Gasteiger partial charge in [0.05, 0.1) is 13.7 Å². The normalized spacial score (nSPS) is 11.2. The molecule has 0 aliphatic rings. The lowest BCUT2D eigenvalue weighted by Gasteiger charge is -2.13. The molecule has 0 atom stereocenters. The first kappa shape index (κ1) is 14.6. The van der Waals surface area contributed by atoms with Crippen LogP contribution in [-0.2, 0) is 16.1 Å². The number of esters is 1. The quantitative estimate of drug-likeness (QED) is 0.689. The Hall–Kier alpha value is -1.43. The Morgan fingerprint density at radius 2 is 2.22 bits per heavy atom. The fourth-order valence-electron chi connectivity index (χ4n) is 1.48. The number of carbonyl (C=O) groups excluding carboxylic acids is 1. The van der Waals surface area contributed by atoms with Crippen molar-refractivity contribution in [2.45, 2.75) is 39.2 Å². The Morgan fingerprint density at radius 3 is 2.78 bits per heavy atom. The van der Waals surface area contributed by atoms with Crippen LogP contribution in [0.5, 0.6) is 0 Å². The second-order valence-corrected chi connectivity index (χ2v) is 4.62. The molecule has 1 aromatic heterocycles. The zero-order chi connectivity index (χ0) is 13.5. The van der Waals surface area contributed by atoms with Crippen LogP contribution in [-0.4, -0.2) is 41.7 Å². The molecule has 0 radical (unpaired) electrons. The minimum atomic E-state index is -0.176. The third-order valence-electron chi connectivity index (χ3n) is 2.54. The fourth-order valence-corrected chi connectivity index (χ4v) is 1.48. The summed E-state index contributed by atoms with van der Waals surface area (Å²) in [6, 6.07) is 0. The average Bonchev–Trinajstić information content (AvgIpc) is 2.77. The van der Waals surface area contributed by atoms with Crippen LogP contribution in [0.2, 0.25) is 0 Å². The first-order chi connectivity index (χ1) is 8.52. The molecule has 0 amide bonds. The Kier molecular flexibility index (Phi) is 5.77. The average molecular weight is 255 g/mol. The molecular weight excluding hydrogens is 234 g/mol. The van der Waals surface area contributed by atoms with E-state index < -0.39 is 0 Å². The number of hydrogen-bond donors (Lipinski definition) is 0. The first-order valence-corrected chi connectivity index (χ1v) is 6.10. The largest absolute Gasteiger partial charge is 0.469 e. The molecular formula is C12H21N3O3. The zero-order valence-corrected chi connectivity index (χ0v) is 11.5. The van der Waals surface area contributed by atoms with E-state index in [1.54, 1.807) is 0 Å². The molecule has 0 aliphatic heterocycles. The minimum absolute atomic E-state index is 0.176. The molecule has 0 fully saturated rings. The van der Waals surface area contributed by atoms with Gasteiger partial charge in [-0.2, -0.15) is 4.98 Å². The molecule has 0 saturated carbocycles. The van der Waals surface area contributed by atoms with E-state index in [1.807, 2.05) is 20.9 Å². The maximum Gasteiger partial charge on any atom is 0.305 e. The Balaban J connectivity index is 2.30. The standard InChI is InChI=1S/C12H21N3O3/c1-9(2)12-13-10(14-18-12)8-15(3)7-5-6-11(16)17-4/h9H,5-8H2,1-4H3. The van der Waals surface area contributed by atoms with Crippen LogP contribution in [0.1, 0.15) is 44.3 Å². The van der Waals surface area contributed by atoms with Crippen molar-refractivity contribution in [3.63, 3.8) is 0 Å². The first-order valence-electron chi connectivity index (χ1n) is 6.10. The summed E-state index contributed by atoms with van der Waals surface area (Å²) in [6.07, 6.45) is 1.20. The van der Waals surface area contributed by atoms with Gasteiger partial charge in [0.15, 0.2) is 5.82 Å². The van der Waals surface area contributed by atoms with Crippen LogP contribution in [0.15, 0.2) is 4.52 Å². The molecule has 6 nitrogen and oxygen atoms in total. The maximum absolute atomic E-state index is 10.9. The summed E-state index contributed by atoms with van der Waals surface area (Å²) in [5, 5.41) is 3.92. The monoisotopic (exact) mass is 255 g/mol. The van der Waals surface area contributed by atoms with Crippen molar-refractivity contribution in [1.29, 1.82) is 0 Å². The van der Waals surface area contributed by atoms with Crippen molar-refractivity contribution in [2.75, 3.05) is 20.7 Å². The summed E-state index contributed by atoms with van der Waals surface area (Å²) in [5.41, 5.74) is 0. The van der Waals surface area contributed by atoms with Crippen molar-refractivity contribution >= 4 is 5.97 Å². The lowest BCUT2D eigenvalue weighted by Crippen LogP contribution is -2.20. The number of aromatic nitrogens is 2. The van der Waals surface area contributed by atoms with E-state index in [-0.39, 0.29) is 11.9 Å². The Bertz CT molecular complexity index is 376. The second-order valence-electron chi connectivity index (χ2n) is 4.62. The van der Waals surface area contributed by atoms with E-state index in [2.05, 4.69) is 19.8 Å². The molecule has 0 aliphatic carbocycles. The van der Waals surface area contributed by atoms with Crippen molar-refractivity contribution in [2.24, 2.45) is 0 Å². The second kappa shape index (κ2) is 7.10. The summed E-state index contributed by atoms with van der Waals surface area (Å²) in [7, 11) is 3.36. The molecule has 102 valence electrons. The minimum Gasteiger partial charge on any atom is -0.469 e. The molecule has 1 heterocycles. The lowest BCUT2D eigenvalue weighted by molar-refractivity contribution is -0.140. The third-order valence-corrected chi connectivity index (χ3v) is 2.54. The fraction of sp³-hybridized carbons (Fsp3) is 0.750. The molecule has 6 heteroatoms. The van der Waals surface area contributed by atoms with Crippen molar-refractivity contribution < 1.29 is 14.1 Å². The van der Waals surface area contributed by atoms with Gasteiger partial charge in [0.25, 0.3) is 0 Å². The van der Waals surface area contributed by atoms with Crippen LogP contribution in [0, 0.1) is 0 Å². The number of ether oxygens (including phenoxy) is 1. The van der Waals surface area contributed by atoms with E-state index in [0.717, 1.165) is 13.0 Å². The van der Waals surface area contributed by atoms with Crippen LogP contribution in [0.4, 0.5) is 0 Å². The van der Waals surface area contributed by atoms with Gasteiger partial charge in [0.1, 0.15) is 0 Å². The molecule has 0 spiro atoms. The van der Waals surface area contributed by atoms with E-state index in [1.165, 1.54) is 7.11 Å². The van der Waals surface area contributed by atoms with Gasteiger partial charge in [-0.3, -0.25) is 9.69 Å². The number of hydrogen-bond acceptors (Lipinski definition) is 6. The predicted octanol–water partition coefficient (Wildman–Crippen LogP) is 1.58. The third kappa shape index (κ3) is 4.83. The molecule has 0 N–H and O–H groups in total. The van der Waals surface area contributed by atoms with Gasteiger partial charge in [0, 0.05) is 12.3 Å². The Labute approximate surface area is 107 Å². The van der Waals surface area contributed by atoms with E-state index in [0.29, 0.717) is 24.7 Å². The summed E-state index contributed by atoms with van der Waals surface area (Å²) in [5.74, 6) is 1.41. The highest BCUT2D eigenvalue weighted by Crippen LogP contribution is 2.11. The summed E-state index contributed by atoms with van der Waals surface area (Å²) < 4.78 is 9.71. The van der Waals surface area contributed by atoms with E-state index >= 15 is 0 Å². The lowest BCUT2D eigenvalue weighted by atomic mass is 10.2. The maximum atomic E-state index is 10.9. The van der Waals surface area contributed by atoms with E-state index in [9.17, 15) is 4.79 Å². The van der Waals surface area contributed by atoms with Crippen LogP contribution in [0.25, 0.3) is 0 Å². The van der Waals surface area contributed by atoms with Gasteiger partial charge in [-0.05, 0) is 20.0 Å². The highest BCUT2D eigenvalue weighted by atomic mass is 16.5. The predicted molar refractivity (Wildman–Crippen MR) is 66.0 cm³/mol. The van der Waals surface area contributed by atoms with Gasteiger partial charge in [-0.1, -0.05) is 19.0 Å². The van der Waals surface area contributed by atoms with Crippen molar-refractivity contribution in [3.8, 4) is 0 Å². The van der Waals surface area contributed by atoms with Gasteiger partial charge < -0.3 is 9.26 Å². The van der Waals surface area contributed by atoms with Gasteiger partial charge in [-0.15, -0.1) is 0 Å². The van der Waals surface area contributed by atoms with Gasteiger partial charge in [-0.25, -0.2) is 0 Å². The molecule has 0 aromatic carbocycles. The Morgan fingerprint density at radius 1 is 1.50 bits per heavy atom. The highest BCUT2D eigenvalue weighted by Gasteiger charge is 2.11. The molecule has 1 rings (SSSR count). The van der Waals surface area contributed by atoms with Gasteiger partial charge in [0.2, 0.25) is 5.89 Å². The van der Waals surface area contributed by atoms with Crippen molar-refractivity contribution in [1.82, 2.24) is 15.0 Å². The number of rotatable bonds is 7. The highest BCUT2D eigenvalue weighted by molar-refractivity contribution is 5.69. The van der Waals surface area contributed by atoms with Crippen molar-refractivity contribution in [3.05, 3.63) is 11.7 Å². The number of methoxy groups -OCH3 is 1. The molecule has 0 unspecified atom stereocenters. The summed E-state index contributed by atoms with van der Waals surface area (Å²) in [4.78, 5) is 17.3. The molecule has 1 aromatic rings.